The van der Waals surface area contributed by atoms with Crippen LogP contribution in [-0.2, 0) is 4.79 Å². The molecule has 1 rings (SSSR count). The molecule has 0 saturated heterocycles. The summed E-state index contributed by atoms with van der Waals surface area (Å²) in [7, 11) is 0. The molecule has 7 heteroatoms. The van der Waals surface area contributed by atoms with Gasteiger partial charge in [-0.3, -0.25) is 10.2 Å². The van der Waals surface area contributed by atoms with Gasteiger partial charge < -0.3 is 0 Å². The zero-order valence-electron chi connectivity index (χ0n) is 7.98. The molecule has 0 aliphatic rings. The summed E-state index contributed by atoms with van der Waals surface area (Å²) in [6, 6.07) is 0. The lowest BCUT2D eigenvalue weighted by Crippen LogP contribution is -2.31. The normalized spacial score (nSPS) is 12.5. The molecule has 1 aromatic rings. The first kappa shape index (κ1) is 11.4. The lowest BCUT2D eigenvalue weighted by molar-refractivity contribution is -0.121. The fraction of sp³-hybridized carbons (Fsp3) is 0.571. The van der Waals surface area contributed by atoms with Gasteiger partial charge in [0, 0.05) is 11.7 Å². The molecule has 5 nitrogen and oxygen atoms in total. The van der Waals surface area contributed by atoms with Crippen molar-refractivity contribution in [3.63, 3.8) is 0 Å². The van der Waals surface area contributed by atoms with E-state index < -0.39 is 0 Å². The molecule has 0 radical (unpaired) electrons. The quantitative estimate of drug-likeness (QED) is 0.346. The topological polar surface area (TPSA) is 80.9 Å². The van der Waals surface area contributed by atoms with Gasteiger partial charge in [0.25, 0.3) is 0 Å². The van der Waals surface area contributed by atoms with Crippen molar-refractivity contribution in [2.24, 2.45) is 5.84 Å². The molecule has 0 bridgehead atoms. The van der Waals surface area contributed by atoms with Gasteiger partial charge in [-0.1, -0.05) is 30.0 Å². The van der Waals surface area contributed by atoms with E-state index in [9.17, 15) is 4.79 Å². The van der Waals surface area contributed by atoms with E-state index in [0.29, 0.717) is 6.42 Å². The number of carbonyl (C=O) groups excluding carboxylic acids is 1. The highest BCUT2D eigenvalue weighted by molar-refractivity contribution is 8.01. The monoisotopic (exact) mass is 232 g/mol. The van der Waals surface area contributed by atoms with Crippen LogP contribution >= 0.6 is 23.1 Å². The molecule has 3 N–H and O–H groups in total. The van der Waals surface area contributed by atoms with Gasteiger partial charge in [0.2, 0.25) is 5.91 Å². The Bertz CT molecular complexity index is 314. The average molecular weight is 232 g/mol. The Morgan fingerprint density at radius 3 is 2.93 bits per heavy atom. The number of thioether (sulfide) groups is 1. The predicted molar refractivity (Wildman–Crippen MR) is 56.9 cm³/mol. The van der Waals surface area contributed by atoms with Crippen LogP contribution in [0.4, 0.5) is 0 Å². The number of aryl methyl sites for hydroxylation is 1. The van der Waals surface area contributed by atoms with Crippen molar-refractivity contribution in [1.82, 2.24) is 15.6 Å². The molecule has 1 unspecified atom stereocenters. The number of hydrogen-bond donors (Lipinski definition) is 2. The summed E-state index contributed by atoms with van der Waals surface area (Å²) in [4.78, 5) is 10.9. The van der Waals surface area contributed by atoms with Crippen molar-refractivity contribution in [1.29, 1.82) is 0 Å². The highest BCUT2D eigenvalue weighted by Crippen LogP contribution is 2.27. The Morgan fingerprint density at radius 1 is 1.71 bits per heavy atom. The maximum absolute atomic E-state index is 10.9. The first-order valence-electron chi connectivity index (χ1n) is 4.08. The van der Waals surface area contributed by atoms with Crippen LogP contribution in [0.5, 0.6) is 0 Å². The Balaban J connectivity index is 2.41. The molecule has 1 amide bonds. The predicted octanol–water partition coefficient (Wildman–Crippen LogP) is 0.707. The van der Waals surface area contributed by atoms with Crippen LogP contribution in [0.15, 0.2) is 4.34 Å². The van der Waals surface area contributed by atoms with Crippen molar-refractivity contribution < 1.29 is 4.79 Å². The third-order valence-electron chi connectivity index (χ3n) is 1.44. The fourth-order valence-corrected chi connectivity index (χ4v) is 2.99. The number of carbonyl (C=O) groups is 1. The highest BCUT2D eigenvalue weighted by Gasteiger charge is 2.11. The number of aromatic nitrogens is 2. The fourth-order valence-electron chi connectivity index (χ4n) is 0.860. The number of nitrogens with zero attached hydrogens (tertiary/aromatic N) is 2. The second-order valence-electron chi connectivity index (χ2n) is 2.79. The molecule has 0 fully saturated rings. The number of amides is 1. The van der Waals surface area contributed by atoms with E-state index >= 15 is 0 Å². The van der Waals surface area contributed by atoms with Crippen molar-refractivity contribution in [3.05, 3.63) is 5.01 Å². The smallest absolute Gasteiger partial charge is 0.234 e. The average Bonchev–Trinajstić information content (AvgIpc) is 2.50. The SMILES string of the molecule is Cc1nnc(SC(C)CC(=O)NN)s1. The van der Waals surface area contributed by atoms with E-state index in [2.05, 4.69) is 15.6 Å². The van der Waals surface area contributed by atoms with Gasteiger partial charge >= 0.3 is 0 Å². The van der Waals surface area contributed by atoms with Crippen molar-refractivity contribution in [3.8, 4) is 0 Å². The molecule has 0 aliphatic carbocycles. The summed E-state index contributed by atoms with van der Waals surface area (Å²) in [5, 5.41) is 8.94. The van der Waals surface area contributed by atoms with E-state index in [1.165, 1.54) is 23.1 Å². The largest absolute Gasteiger partial charge is 0.294 e. The van der Waals surface area contributed by atoms with Crippen LogP contribution in [0, 0.1) is 6.92 Å². The number of rotatable bonds is 4. The Kier molecular flexibility index (Phi) is 4.30. The molecule has 0 aromatic carbocycles. The summed E-state index contributed by atoms with van der Waals surface area (Å²) >= 11 is 3.07. The Morgan fingerprint density at radius 2 is 2.43 bits per heavy atom. The molecule has 1 heterocycles. The van der Waals surface area contributed by atoms with Crippen molar-refractivity contribution >= 4 is 29.0 Å². The molecule has 0 spiro atoms. The minimum atomic E-state index is -0.161. The van der Waals surface area contributed by atoms with E-state index in [-0.39, 0.29) is 11.2 Å². The van der Waals surface area contributed by atoms with Gasteiger partial charge in [-0.25, -0.2) is 5.84 Å². The summed E-state index contributed by atoms with van der Waals surface area (Å²) in [6.07, 6.45) is 0.389. The summed E-state index contributed by atoms with van der Waals surface area (Å²) < 4.78 is 0.889. The Hall–Kier alpha value is -0.660. The molecule has 1 atom stereocenters. The molecule has 14 heavy (non-hydrogen) atoms. The van der Waals surface area contributed by atoms with Crippen LogP contribution in [0.1, 0.15) is 18.4 Å². The third kappa shape index (κ3) is 3.60. The highest BCUT2D eigenvalue weighted by atomic mass is 32.2. The molecular formula is C7H12N4OS2. The maximum atomic E-state index is 10.9. The van der Waals surface area contributed by atoms with Crippen LogP contribution in [0.25, 0.3) is 0 Å². The van der Waals surface area contributed by atoms with E-state index in [4.69, 9.17) is 5.84 Å². The van der Waals surface area contributed by atoms with Crippen LogP contribution in [0.2, 0.25) is 0 Å². The van der Waals surface area contributed by atoms with Gasteiger partial charge in [0.05, 0.1) is 0 Å². The zero-order chi connectivity index (χ0) is 10.6. The molecule has 1 aromatic heterocycles. The van der Waals surface area contributed by atoms with Gasteiger partial charge in [0.1, 0.15) is 5.01 Å². The maximum Gasteiger partial charge on any atom is 0.234 e. The molecular weight excluding hydrogens is 220 g/mol. The van der Waals surface area contributed by atoms with Gasteiger partial charge in [-0.05, 0) is 6.92 Å². The van der Waals surface area contributed by atoms with Crippen molar-refractivity contribution in [2.45, 2.75) is 29.9 Å². The standard InChI is InChI=1S/C7H12N4OS2/c1-4(3-6(12)9-8)13-7-11-10-5(2)14-7/h4H,3,8H2,1-2H3,(H,9,12). The number of nitrogens with two attached hydrogens (primary N) is 1. The molecule has 0 aliphatic heterocycles. The second-order valence-corrected chi connectivity index (χ2v) is 5.65. The molecule has 78 valence electrons. The van der Waals surface area contributed by atoms with Crippen molar-refractivity contribution in [2.75, 3.05) is 0 Å². The van der Waals surface area contributed by atoms with Crippen LogP contribution in [0.3, 0.4) is 0 Å². The Labute approximate surface area is 90.4 Å². The number of nitrogens with one attached hydrogen (secondary N) is 1. The summed E-state index contributed by atoms with van der Waals surface area (Å²) in [6.45, 7) is 3.86. The third-order valence-corrected chi connectivity index (χ3v) is 3.47. The summed E-state index contributed by atoms with van der Waals surface area (Å²) in [5.74, 6) is 4.82. The van der Waals surface area contributed by atoms with Crippen LogP contribution < -0.4 is 11.3 Å². The van der Waals surface area contributed by atoms with E-state index in [1.54, 1.807) is 0 Å². The lowest BCUT2D eigenvalue weighted by Gasteiger charge is -2.06. The van der Waals surface area contributed by atoms with Gasteiger partial charge in [0.15, 0.2) is 4.34 Å². The minimum absolute atomic E-state index is 0.158. The number of hydrogen-bond acceptors (Lipinski definition) is 6. The first-order valence-corrected chi connectivity index (χ1v) is 5.77. The zero-order valence-corrected chi connectivity index (χ0v) is 9.61. The van der Waals surface area contributed by atoms with Crippen LogP contribution in [-0.4, -0.2) is 21.4 Å². The first-order chi connectivity index (χ1) is 6.61. The summed E-state index contributed by atoms with van der Waals surface area (Å²) in [5.41, 5.74) is 2.10. The van der Waals surface area contributed by atoms with E-state index in [0.717, 1.165) is 9.35 Å². The molecule has 0 saturated carbocycles. The second kappa shape index (κ2) is 5.28. The van der Waals surface area contributed by atoms with Gasteiger partial charge in [-0.15, -0.1) is 10.2 Å². The number of hydrazine groups is 1. The van der Waals surface area contributed by atoms with E-state index in [1.807, 2.05) is 13.8 Å². The lowest BCUT2D eigenvalue weighted by atomic mass is 10.3. The van der Waals surface area contributed by atoms with Gasteiger partial charge in [-0.2, -0.15) is 0 Å². The minimum Gasteiger partial charge on any atom is -0.294 e.